The predicted molar refractivity (Wildman–Crippen MR) is 143 cm³/mol. The Kier molecular flexibility index (Phi) is 6.42. The molecule has 1 atom stereocenters. The molecule has 2 aromatic heterocycles. The van der Waals surface area contributed by atoms with Gasteiger partial charge in [-0.15, -0.1) is 5.10 Å². The number of tetrazole rings is 1. The number of nitrogens with zero attached hydrogens (tertiary/aromatic N) is 7. The highest BCUT2D eigenvalue weighted by Gasteiger charge is 2.32. The van der Waals surface area contributed by atoms with Gasteiger partial charge in [-0.3, -0.25) is 4.90 Å². The molecule has 9 nitrogen and oxygen atoms in total. The maximum absolute atomic E-state index is 10.2. The van der Waals surface area contributed by atoms with Crippen molar-refractivity contribution in [1.82, 2.24) is 30.1 Å². The summed E-state index contributed by atoms with van der Waals surface area (Å²) in [5, 5.41) is 24.1. The number of anilines is 1. The number of aromatic nitrogens is 5. The molecule has 3 heterocycles. The van der Waals surface area contributed by atoms with Gasteiger partial charge in [0.1, 0.15) is 0 Å². The summed E-state index contributed by atoms with van der Waals surface area (Å²) in [4.78, 5) is 9.59. The van der Waals surface area contributed by atoms with Crippen LogP contribution in [0.2, 0.25) is 0 Å². The number of benzene rings is 3. The Balaban J connectivity index is 1.30. The lowest BCUT2D eigenvalue weighted by molar-refractivity contribution is 0.201. The number of hydrogen-bond donors (Lipinski definition) is 1. The van der Waals surface area contributed by atoms with Gasteiger partial charge in [-0.25, -0.2) is 9.67 Å². The Hall–Kier alpha value is -4.02. The van der Waals surface area contributed by atoms with Crippen molar-refractivity contribution in [2.75, 3.05) is 38.2 Å². The second-order valence-corrected chi connectivity index (χ2v) is 10.0. The lowest BCUT2D eigenvalue weighted by Gasteiger charge is -2.38. The largest absolute Gasteiger partial charge is 0.504 e. The number of hydrogen-bond acceptors (Lipinski definition) is 9. The van der Waals surface area contributed by atoms with E-state index in [0.717, 1.165) is 53.8 Å². The first kappa shape index (κ1) is 23.4. The van der Waals surface area contributed by atoms with E-state index < -0.39 is 0 Å². The molecule has 0 saturated carbocycles. The highest BCUT2D eigenvalue weighted by Crippen LogP contribution is 2.36. The molecule has 1 N–H and O–H groups in total. The molecule has 3 aromatic carbocycles. The van der Waals surface area contributed by atoms with E-state index in [4.69, 9.17) is 9.72 Å². The van der Waals surface area contributed by atoms with E-state index in [2.05, 4.69) is 55.7 Å². The highest BCUT2D eigenvalue weighted by molar-refractivity contribution is 7.22. The molecule has 1 fully saturated rings. The number of phenolic OH excluding ortho intramolecular Hbond substituents is 1. The van der Waals surface area contributed by atoms with Gasteiger partial charge in [0.15, 0.2) is 22.5 Å². The van der Waals surface area contributed by atoms with E-state index in [-0.39, 0.29) is 11.8 Å². The average Bonchev–Trinajstić information content (AvgIpc) is 3.58. The number of piperazine rings is 1. The van der Waals surface area contributed by atoms with Crippen LogP contribution < -0.4 is 9.64 Å². The fourth-order valence-electron chi connectivity index (χ4n) is 4.83. The quantitative estimate of drug-likeness (QED) is 0.350. The monoisotopic (exact) mass is 513 g/mol. The zero-order valence-corrected chi connectivity index (χ0v) is 21.3. The smallest absolute Gasteiger partial charge is 0.186 e. The van der Waals surface area contributed by atoms with E-state index in [9.17, 15) is 5.11 Å². The van der Waals surface area contributed by atoms with Crippen LogP contribution in [0.15, 0.2) is 72.8 Å². The summed E-state index contributed by atoms with van der Waals surface area (Å²) in [6.45, 7) is 3.86. The number of fused-ring (bicyclic) bond motifs is 1. The lowest BCUT2D eigenvalue weighted by atomic mass is 10.0. The van der Waals surface area contributed by atoms with Gasteiger partial charge in [0.2, 0.25) is 0 Å². The molecule has 188 valence electrons. The third kappa shape index (κ3) is 4.73. The lowest BCUT2D eigenvalue weighted by Crippen LogP contribution is -2.48. The third-order valence-electron chi connectivity index (χ3n) is 6.73. The van der Waals surface area contributed by atoms with Gasteiger partial charge in [0.25, 0.3) is 0 Å². The minimum Gasteiger partial charge on any atom is -0.504 e. The van der Waals surface area contributed by atoms with Crippen LogP contribution >= 0.6 is 11.3 Å². The van der Waals surface area contributed by atoms with Crippen molar-refractivity contribution in [2.45, 2.75) is 12.6 Å². The van der Waals surface area contributed by atoms with Crippen molar-refractivity contribution >= 4 is 26.7 Å². The third-order valence-corrected chi connectivity index (χ3v) is 7.83. The predicted octanol–water partition coefficient (Wildman–Crippen LogP) is 3.96. The van der Waals surface area contributed by atoms with E-state index in [1.807, 2.05) is 41.1 Å². The number of ether oxygens (including phenoxy) is 1. The molecular weight excluding hydrogens is 486 g/mol. The standard InChI is InChI=1S/C27H27N7O2S/c1-36-23-17-20(11-12-22(23)35)25(26-29-30-31-34(26)18-19-7-3-2-4-8-19)32-13-15-33(16-14-32)27-28-21-9-5-6-10-24(21)37-27/h2-12,17,25,35H,13-16,18H2,1H3/t25-/m1/s1. The Labute approximate surface area is 218 Å². The first-order chi connectivity index (χ1) is 18.2. The Bertz CT molecular complexity index is 1460. The number of phenols is 1. The van der Waals surface area contributed by atoms with Crippen molar-refractivity contribution < 1.29 is 9.84 Å². The Morgan fingerprint density at radius 3 is 2.54 bits per heavy atom. The van der Waals surface area contributed by atoms with Gasteiger partial charge in [-0.05, 0) is 45.8 Å². The van der Waals surface area contributed by atoms with Crippen LogP contribution in [0.1, 0.15) is 23.0 Å². The minimum absolute atomic E-state index is 0.106. The van der Waals surface area contributed by atoms with Gasteiger partial charge >= 0.3 is 0 Å². The van der Waals surface area contributed by atoms with Crippen molar-refractivity contribution in [2.24, 2.45) is 0 Å². The zero-order valence-electron chi connectivity index (χ0n) is 20.4. The summed E-state index contributed by atoms with van der Waals surface area (Å²) in [7, 11) is 1.56. The summed E-state index contributed by atoms with van der Waals surface area (Å²) in [5.41, 5.74) is 3.13. The Morgan fingerprint density at radius 2 is 1.76 bits per heavy atom. The number of methoxy groups -OCH3 is 1. The van der Waals surface area contributed by atoms with Gasteiger partial charge in [-0.1, -0.05) is 59.9 Å². The van der Waals surface area contributed by atoms with Gasteiger partial charge < -0.3 is 14.7 Å². The van der Waals surface area contributed by atoms with E-state index in [0.29, 0.717) is 12.3 Å². The summed E-state index contributed by atoms with van der Waals surface area (Å²) >= 11 is 1.73. The van der Waals surface area contributed by atoms with Crippen LogP contribution in [0, 0.1) is 0 Å². The average molecular weight is 514 g/mol. The SMILES string of the molecule is COc1cc([C@H](c2nnnn2Cc2ccccc2)N2CCN(c3nc4ccccc4s3)CC2)ccc1O. The van der Waals surface area contributed by atoms with E-state index in [1.54, 1.807) is 24.5 Å². The number of aromatic hydroxyl groups is 1. The maximum atomic E-state index is 10.2. The molecule has 1 aliphatic rings. The van der Waals surface area contributed by atoms with Crippen molar-refractivity contribution in [1.29, 1.82) is 0 Å². The fraction of sp³-hybridized carbons (Fsp3) is 0.259. The van der Waals surface area contributed by atoms with Crippen molar-refractivity contribution in [3.63, 3.8) is 0 Å². The molecule has 0 bridgehead atoms. The van der Waals surface area contributed by atoms with Crippen LogP contribution in [0.25, 0.3) is 10.2 Å². The molecule has 0 amide bonds. The molecule has 5 aromatic rings. The van der Waals surface area contributed by atoms with Crippen molar-refractivity contribution in [3.05, 3.63) is 89.7 Å². The van der Waals surface area contributed by atoms with Crippen LogP contribution in [-0.4, -0.2) is 68.5 Å². The molecule has 0 spiro atoms. The van der Waals surface area contributed by atoms with Gasteiger partial charge in [0.05, 0.1) is 29.9 Å². The molecule has 0 radical (unpaired) electrons. The number of rotatable bonds is 7. The summed E-state index contributed by atoms with van der Waals surface area (Å²) in [6, 6.07) is 23.7. The zero-order chi connectivity index (χ0) is 25.2. The summed E-state index contributed by atoms with van der Waals surface area (Å²) in [5.74, 6) is 1.29. The molecular formula is C27H27N7O2S. The summed E-state index contributed by atoms with van der Waals surface area (Å²) in [6.07, 6.45) is 0. The summed E-state index contributed by atoms with van der Waals surface area (Å²) < 4.78 is 8.49. The van der Waals surface area contributed by atoms with Crippen LogP contribution in [0.5, 0.6) is 11.5 Å². The van der Waals surface area contributed by atoms with Gasteiger partial charge in [-0.2, -0.15) is 0 Å². The normalized spacial score (nSPS) is 15.2. The molecule has 10 heteroatoms. The van der Waals surface area contributed by atoms with Gasteiger partial charge in [0, 0.05) is 26.2 Å². The molecule has 1 saturated heterocycles. The highest BCUT2D eigenvalue weighted by atomic mass is 32.1. The number of para-hydroxylation sites is 1. The molecule has 6 rings (SSSR count). The molecule has 0 aliphatic carbocycles. The molecule has 1 aliphatic heterocycles. The van der Waals surface area contributed by atoms with Crippen LogP contribution in [0.3, 0.4) is 0 Å². The van der Waals surface area contributed by atoms with E-state index >= 15 is 0 Å². The Morgan fingerprint density at radius 1 is 0.973 bits per heavy atom. The molecule has 37 heavy (non-hydrogen) atoms. The molecule has 0 unspecified atom stereocenters. The topological polar surface area (TPSA) is 92.4 Å². The van der Waals surface area contributed by atoms with Crippen molar-refractivity contribution in [3.8, 4) is 11.5 Å². The maximum Gasteiger partial charge on any atom is 0.186 e. The van der Waals surface area contributed by atoms with Crippen LogP contribution in [0.4, 0.5) is 5.13 Å². The first-order valence-electron chi connectivity index (χ1n) is 12.2. The second kappa shape index (κ2) is 10.2. The van der Waals surface area contributed by atoms with E-state index in [1.165, 1.54) is 4.70 Å². The second-order valence-electron chi connectivity index (χ2n) is 9.00. The first-order valence-corrected chi connectivity index (χ1v) is 13.0. The number of thiazole rings is 1. The van der Waals surface area contributed by atoms with Crippen LogP contribution in [-0.2, 0) is 6.54 Å². The minimum atomic E-state index is -0.203. The fourth-order valence-corrected chi connectivity index (χ4v) is 5.85.